The molecule has 0 spiro atoms. The molecule has 0 bridgehead atoms. The van der Waals surface area contributed by atoms with E-state index in [4.69, 9.17) is 4.52 Å². The van der Waals surface area contributed by atoms with Gasteiger partial charge in [0.2, 0.25) is 11.7 Å². The minimum atomic E-state index is -0.200. The van der Waals surface area contributed by atoms with Crippen LogP contribution in [0.4, 0.5) is 0 Å². The number of unbranched alkanes of at least 4 members (excludes halogenated alkanes) is 2. The Kier molecular flexibility index (Phi) is 4.74. The Hall–Kier alpha value is -3.35. The van der Waals surface area contributed by atoms with Crippen molar-refractivity contribution in [2.24, 2.45) is 0 Å². The molecule has 3 aromatic rings. The van der Waals surface area contributed by atoms with E-state index in [1.807, 2.05) is 12.1 Å². The molecule has 2 aromatic heterocycles. The van der Waals surface area contributed by atoms with E-state index in [-0.39, 0.29) is 11.8 Å². The van der Waals surface area contributed by atoms with E-state index in [0.29, 0.717) is 35.8 Å². The number of amides is 2. The van der Waals surface area contributed by atoms with E-state index in [1.54, 1.807) is 36.7 Å². The van der Waals surface area contributed by atoms with Gasteiger partial charge >= 0.3 is 0 Å². The lowest BCUT2D eigenvalue weighted by molar-refractivity contribution is 0.0651. The first kappa shape index (κ1) is 17.1. The Balaban J connectivity index is 1.24. The fraction of sp³-hybridized carbons (Fsp3) is 0.250. The Morgan fingerprint density at radius 2 is 1.59 bits per heavy atom. The van der Waals surface area contributed by atoms with Gasteiger partial charge in [0.25, 0.3) is 11.8 Å². The zero-order chi connectivity index (χ0) is 18.6. The topological polar surface area (TPSA) is 89.2 Å². The molecule has 0 N–H and O–H groups in total. The number of rotatable bonds is 7. The molecule has 0 aliphatic carbocycles. The number of hydrogen-bond donors (Lipinski definition) is 0. The number of aromatic nitrogens is 3. The van der Waals surface area contributed by atoms with Gasteiger partial charge in [-0.3, -0.25) is 19.5 Å². The highest BCUT2D eigenvalue weighted by Crippen LogP contribution is 2.23. The van der Waals surface area contributed by atoms with Crippen LogP contribution in [-0.2, 0) is 6.42 Å². The number of pyridine rings is 1. The number of nitrogens with zero attached hydrogens (tertiary/aromatic N) is 4. The molecule has 4 rings (SSSR count). The summed E-state index contributed by atoms with van der Waals surface area (Å²) in [6.07, 6.45) is 6.49. The smallest absolute Gasteiger partial charge is 0.261 e. The number of aryl methyl sites for hydroxylation is 1. The first-order valence-electron chi connectivity index (χ1n) is 8.92. The van der Waals surface area contributed by atoms with Crippen LogP contribution in [-0.4, -0.2) is 38.4 Å². The molecule has 0 saturated heterocycles. The van der Waals surface area contributed by atoms with E-state index in [2.05, 4.69) is 15.1 Å². The molecule has 3 heterocycles. The summed E-state index contributed by atoms with van der Waals surface area (Å²) < 4.78 is 5.28. The third-order valence-corrected chi connectivity index (χ3v) is 4.56. The number of benzene rings is 1. The van der Waals surface area contributed by atoms with Crippen LogP contribution < -0.4 is 0 Å². The predicted molar refractivity (Wildman–Crippen MR) is 96.9 cm³/mol. The van der Waals surface area contributed by atoms with Crippen molar-refractivity contribution in [1.82, 2.24) is 20.0 Å². The number of hydrogen-bond acceptors (Lipinski definition) is 6. The fourth-order valence-electron chi connectivity index (χ4n) is 3.14. The lowest BCUT2D eigenvalue weighted by atomic mass is 10.1. The van der Waals surface area contributed by atoms with Crippen molar-refractivity contribution in [3.05, 3.63) is 65.8 Å². The zero-order valence-corrected chi connectivity index (χ0v) is 14.7. The van der Waals surface area contributed by atoms with Gasteiger partial charge in [0.15, 0.2) is 0 Å². The lowest BCUT2D eigenvalue weighted by Crippen LogP contribution is -2.30. The maximum Gasteiger partial charge on any atom is 0.261 e. The molecule has 7 heteroatoms. The van der Waals surface area contributed by atoms with Gasteiger partial charge in [-0.15, -0.1) is 0 Å². The number of carbonyl (C=O) groups is 2. The van der Waals surface area contributed by atoms with E-state index >= 15 is 0 Å². The number of carbonyl (C=O) groups excluding carboxylic acids is 2. The van der Waals surface area contributed by atoms with Crippen molar-refractivity contribution in [2.45, 2.75) is 25.7 Å². The van der Waals surface area contributed by atoms with Crippen molar-refractivity contribution in [3.63, 3.8) is 0 Å². The minimum absolute atomic E-state index is 0.200. The van der Waals surface area contributed by atoms with Crippen molar-refractivity contribution in [2.75, 3.05) is 6.54 Å². The van der Waals surface area contributed by atoms with Gasteiger partial charge in [0.1, 0.15) is 0 Å². The Morgan fingerprint density at radius 3 is 2.30 bits per heavy atom. The molecule has 0 atom stereocenters. The van der Waals surface area contributed by atoms with Gasteiger partial charge in [-0.1, -0.05) is 23.7 Å². The van der Waals surface area contributed by atoms with Crippen LogP contribution in [0, 0.1) is 0 Å². The Bertz CT molecular complexity index is 933. The van der Waals surface area contributed by atoms with Crippen LogP contribution in [0.25, 0.3) is 11.4 Å². The summed E-state index contributed by atoms with van der Waals surface area (Å²) in [5.41, 5.74) is 1.86. The Morgan fingerprint density at radius 1 is 0.889 bits per heavy atom. The van der Waals surface area contributed by atoms with Crippen molar-refractivity contribution >= 4 is 11.8 Å². The zero-order valence-electron chi connectivity index (χ0n) is 14.7. The highest BCUT2D eigenvalue weighted by molar-refractivity contribution is 6.21. The predicted octanol–water partition coefficient (Wildman–Crippen LogP) is 3.14. The van der Waals surface area contributed by atoms with Crippen molar-refractivity contribution in [1.29, 1.82) is 0 Å². The van der Waals surface area contributed by atoms with E-state index in [0.717, 1.165) is 24.8 Å². The van der Waals surface area contributed by atoms with Gasteiger partial charge in [0, 0.05) is 30.9 Å². The van der Waals surface area contributed by atoms with E-state index < -0.39 is 0 Å². The highest BCUT2D eigenvalue weighted by Gasteiger charge is 2.34. The first-order valence-corrected chi connectivity index (χ1v) is 8.92. The molecule has 27 heavy (non-hydrogen) atoms. The summed E-state index contributed by atoms with van der Waals surface area (Å²) >= 11 is 0. The molecule has 1 aliphatic heterocycles. The third kappa shape index (κ3) is 3.48. The van der Waals surface area contributed by atoms with E-state index in [9.17, 15) is 9.59 Å². The van der Waals surface area contributed by atoms with Crippen LogP contribution in [0.15, 0.2) is 53.3 Å². The van der Waals surface area contributed by atoms with Gasteiger partial charge < -0.3 is 4.52 Å². The standard InChI is InChI=1S/C20H18N4O3/c25-19-15-6-3-4-7-16(15)20(26)24(19)13-5-1-2-8-17-22-18(23-27-17)14-9-11-21-12-10-14/h3-4,6-7,9-12H,1-2,5,8,13H2. The van der Waals surface area contributed by atoms with Crippen LogP contribution in [0.5, 0.6) is 0 Å². The second kappa shape index (κ2) is 7.49. The SMILES string of the molecule is O=C1c2ccccc2C(=O)N1CCCCCc1nc(-c2ccncc2)no1. The molecule has 1 aromatic carbocycles. The molecule has 1 aliphatic rings. The molecule has 0 saturated carbocycles. The quantitative estimate of drug-likeness (QED) is 0.474. The van der Waals surface area contributed by atoms with Crippen LogP contribution >= 0.6 is 0 Å². The average Bonchev–Trinajstić information content (AvgIpc) is 3.27. The molecule has 7 nitrogen and oxygen atoms in total. The molecular formula is C20H18N4O3. The second-order valence-electron chi connectivity index (χ2n) is 6.37. The van der Waals surface area contributed by atoms with Gasteiger partial charge in [-0.05, 0) is 37.1 Å². The highest BCUT2D eigenvalue weighted by atomic mass is 16.5. The maximum absolute atomic E-state index is 12.3. The summed E-state index contributed by atoms with van der Waals surface area (Å²) in [6, 6.07) is 10.6. The van der Waals surface area contributed by atoms with Crippen LogP contribution in [0.3, 0.4) is 0 Å². The van der Waals surface area contributed by atoms with Crippen LogP contribution in [0.2, 0.25) is 0 Å². The number of fused-ring (bicyclic) bond motifs is 1. The fourth-order valence-corrected chi connectivity index (χ4v) is 3.14. The summed E-state index contributed by atoms with van der Waals surface area (Å²) in [5, 5.41) is 3.98. The molecule has 0 fully saturated rings. The van der Waals surface area contributed by atoms with Gasteiger partial charge in [0.05, 0.1) is 11.1 Å². The van der Waals surface area contributed by atoms with Crippen molar-refractivity contribution in [3.8, 4) is 11.4 Å². The van der Waals surface area contributed by atoms with E-state index in [1.165, 1.54) is 4.90 Å². The normalized spacial score (nSPS) is 13.3. The Labute approximate surface area is 156 Å². The molecule has 0 radical (unpaired) electrons. The largest absolute Gasteiger partial charge is 0.339 e. The van der Waals surface area contributed by atoms with Gasteiger partial charge in [-0.2, -0.15) is 4.98 Å². The average molecular weight is 362 g/mol. The summed E-state index contributed by atoms with van der Waals surface area (Å²) in [7, 11) is 0. The molecule has 136 valence electrons. The van der Waals surface area contributed by atoms with Gasteiger partial charge in [-0.25, -0.2) is 0 Å². The summed E-state index contributed by atoms with van der Waals surface area (Å²) in [4.78, 5) is 34.3. The molecule has 2 amide bonds. The summed E-state index contributed by atoms with van der Waals surface area (Å²) in [6.45, 7) is 0.429. The monoisotopic (exact) mass is 362 g/mol. The lowest BCUT2D eigenvalue weighted by Gasteiger charge is -2.13. The number of imide groups is 1. The van der Waals surface area contributed by atoms with Crippen molar-refractivity contribution < 1.29 is 14.1 Å². The first-order chi connectivity index (χ1) is 13.2. The minimum Gasteiger partial charge on any atom is -0.339 e. The summed E-state index contributed by atoms with van der Waals surface area (Å²) in [5.74, 6) is 0.741. The van der Waals surface area contributed by atoms with Crippen LogP contribution in [0.1, 0.15) is 45.9 Å². The third-order valence-electron chi connectivity index (χ3n) is 4.56. The second-order valence-corrected chi connectivity index (χ2v) is 6.37. The molecule has 0 unspecified atom stereocenters. The molecular weight excluding hydrogens is 344 g/mol. The maximum atomic E-state index is 12.3.